The minimum absolute atomic E-state index is 0.00968. The predicted octanol–water partition coefficient (Wildman–Crippen LogP) is 3.48. The summed E-state index contributed by atoms with van der Waals surface area (Å²) in [5.41, 5.74) is 1.41. The lowest BCUT2D eigenvalue weighted by Gasteiger charge is -2.48. The molecule has 0 radical (unpaired) electrons. The van der Waals surface area contributed by atoms with Crippen molar-refractivity contribution >= 4 is 5.97 Å². The van der Waals surface area contributed by atoms with E-state index in [0.717, 1.165) is 32.1 Å². The lowest BCUT2D eigenvalue weighted by Crippen LogP contribution is -2.50. The molecule has 1 heterocycles. The van der Waals surface area contributed by atoms with Gasteiger partial charge in [-0.2, -0.15) is 0 Å². The van der Waals surface area contributed by atoms with Crippen molar-refractivity contribution in [1.82, 2.24) is 0 Å². The van der Waals surface area contributed by atoms with Crippen LogP contribution in [0, 0.1) is 11.8 Å². The minimum Gasteiger partial charge on any atom is -0.469 e. The van der Waals surface area contributed by atoms with Crippen LogP contribution < -0.4 is 0 Å². The SMILES string of the molecule is COC(=O)C(C)C1CC[C@H](C)C2(CC=C(C)CC2)O1. The maximum atomic E-state index is 11.7. The maximum absolute atomic E-state index is 11.7. The summed E-state index contributed by atoms with van der Waals surface area (Å²) >= 11 is 0. The lowest BCUT2D eigenvalue weighted by molar-refractivity contribution is -0.188. The van der Waals surface area contributed by atoms with Crippen LogP contribution in [0.5, 0.6) is 0 Å². The summed E-state index contributed by atoms with van der Waals surface area (Å²) in [5.74, 6) is 0.247. The van der Waals surface area contributed by atoms with E-state index in [2.05, 4.69) is 19.9 Å². The molecule has 0 amide bonds. The monoisotopic (exact) mass is 266 g/mol. The molecule has 4 atom stereocenters. The smallest absolute Gasteiger partial charge is 0.311 e. The van der Waals surface area contributed by atoms with Crippen molar-refractivity contribution in [2.45, 2.75) is 64.6 Å². The second kappa shape index (κ2) is 5.66. The second-order valence-corrected chi connectivity index (χ2v) is 6.27. The summed E-state index contributed by atoms with van der Waals surface area (Å²) in [6, 6.07) is 0. The number of esters is 1. The van der Waals surface area contributed by atoms with Crippen molar-refractivity contribution in [2.75, 3.05) is 7.11 Å². The van der Waals surface area contributed by atoms with Crippen LogP contribution in [-0.4, -0.2) is 24.8 Å². The number of hydrogen-bond donors (Lipinski definition) is 0. The summed E-state index contributed by atoms with van der Waals surface area (Å²) in [4.78, 5) is 11.7. The first-order valence-electron chi connectivity index (χ1n) is 7.40. The Labute approximate surface area is 116 Å². The Kier molecular flexibility index (Phi) is 4.34. The molecule has 19 heavy (non-hydrogen) atoms. The van der Waals surface area contributed by atoms with Crippen LogP contribution in [0.2, 0.25) is 0 Å². The van der Waals surface area contributed by atoms with E-state index >= 15 is 0 Å². The maximum Gasteiger partial charge on any atom is 0.311 e. The topological polar surface area (TPSA) is 35.5 Å². The van der Waals surface area contributed by atoms with Crippen LogP contribution in [0.1, 0.15) is 52.9 Å². The van der Waals surface area contributed by atoms with Crippen LogP contribution in [0.3, 0.4) is 0 Å². The molecule has 2 rings (SSSR count). The molecule has 1 fully saturated rings. The highest BCUT2D eigenvalue weighted by Crippen LogP contribution is 2.44. The molecule has 2 aliphatic rings. The fourth-order valence-corrected chi connectivity index (χ4v) is 3.36. The highest BCUT2D eigenvalue weighted by atomic mass is 16.5. The highest BCUT2D eigenvalue weighted by Gasteiger charge is 2.45. The molecule has 1 saturated heterocycles. The average Bonchev–Trinajstić information content (AvgIpc) is 2.43. The van der Waals surface area contributed by atoms with Crippen molar-refractivity contribution in [3.63, 3.8) is 0 Å². The molecule has 0 N–H and O–H groups in total. The fourth-order valence-electron chi connectivity index (χ4n) is 3.36. The van der Waals surface area contributed by atoms with E-state index in [1.54, 1.807) is 0 Å². The van der Waals surface area contributed by atoms with Gasteiger partial charge in [-0.1, -0.05) is 18.6 Å². The van der Waals surface area contributed by atoms with Crippen molar-refractivity contribution < 1.29 is 14.3 Å². The zero-order valence-electron chi connectivity index (χ0n) is 12.6. The predicted molar refractivity (Wildman–Crippen MR) is 74.8 cm³/mol. The fraction of sp³-hybridized carbons (Fsp3) is 0.812. The molecule has 3 heteroatoms. The molecular weight excluding hydrogens is 240 g/mol. The second-order valence-electron chi connectivity index (χ2n) is 6.27. The Bertz CT molecular complexity index is 374. The molecule has 0 aromatic rings. The molecule has 108 valence electrons. The Morgan fingerprint density at radius 2 is 2.26 bits per heavy atom. The van der Waals surface area contributed by atoms with Crippen LogP contribution in [0.25, 0.3) is 0 Å². The third kappa shape index (κ3) is 2.86. The van der Waals surface area contributed by atoms with Gasteiger partial charge in [0.1, 0.15) is 0 Å². The van der Waals surface area contributed by atoms with E-state index < -0.39 is 0 Å². The molecule has 0 saturated carbocycles. The quantitative estimate of drug-likeness (QED) is 0.567. The molecule has 0 bridgehead atoms. The Hall–Kier alpha value is -0.830. The summed E-state index contributed by atoms with van der Waals surface area (Å²) in [5, 5.41) is 0. The average molecular weight is 266 g/mol. The van der Waals surface area contributed by atoms with Gasteiger partial charge in [-0.05, 0) is 51.9 Å². The van der Waals surface area contributed by atoms with Crippen LogP contribution in [-0.2, 0) is 14.3 Å². The number of hydrogen-bond acceptors (Lipinski definition) is 3. The van der Waals surface area contributed by atoms with Crippen LogP contribution in [0.4, 0.5) is 0 Å². The van der Waals surface area contributed by atoms with E-state index in [0.29, 0.717) is 5.92 Å². The van der Waals surface area contributed by atoms with E-state index in [9.17, 15) is 4.79 Å². The molecule has 3 unspecified atom stereocenters. The van der Waals surface area contributed by atoms with E-state index in [-0.39, 0.29) is 23.6 Å². The van der Waals surface area contributed by atoms with Gasteiger partial charge in [0.15, 0.2) is 0 Å². The zero-order chi connectivity index (χ0) is 14.0. The first kappa shape index (κ1) is 14.6. The van der Waals surface area contributed by atoms with Crippen LogP contribution in [0.15, 0.2) is 11.6 Å². The van der Waals surface area contributed by atoms with E-state index in [4.69, 9.17) is 9.47 Å². The first-order chi connectivity index (χ1) is 8.98. The third-order valence-corrected chi connectivity index (χ3v) is 5.04. The minimum atomic E-state index is -0.165. The van der Waals surface area contributed by atoms with Gasteiger partial charge >= 0.3 is 5.97 Å². The van der Waals surface area contributed by atoms with Crippen molar-refractivity contribution in [3.8, 4) is 0 Å². The van der Waals surface area contributed by atoms with E-state index in [1.165, 1.54) is 12.7 Å². The van der Waals surface area contributed by atoms with Gasteiger partial charge in [0.25, 0.3) is 0 Å². The Balaban J connectivity index is 2.10. The summed E-state index contributed by atoms with van der Waals surface area (Å²) in [6.07, 6.45) is 7.61. The normalized spacial score (nSPS) is 36.7. The van der Waals surface area contributed by atoms with Gasteiger partial charge in [-0.25, -0.2) is 0 Å². The highest BCUT2D eigenvalue weighted by molar-refractivity contribution is 5.72. The number of carbonyl (C=O) groups excluding carboxylic acids is 1. The van der Waals surface area contributed by atoms with Crippen LogP contribution >= 0.6 is 0 Å². The molecule has 3 nitrogen and oxygen atoms in total. The van der Waals surface area contributed by atoms with Gasteiger partial charge in [0, 0.05) is 0 Å². The molecule has 0 aromatic carbocycles. The number of methoxy groups -OCH3 is 1. The number of allylic oxidation sites excluding steroid dienone is 1. The molecule has 1 aliphatic carbocycles. The number of rotatable bonds is 2. The molecule has 0 aromatic heterocycles. The summed E-state index contributed by atoms with van der Waals surface area (Å²) < 4.78 is 11.3. The van der Waals surface area contributed by atoms with Gasteiger partial charge in [0.2, 0.25) is 0 Å². The first-order valence-corrected chi connectivity index (χ1v) is 7.40. The molecule has 1 aliphatic heterocycles. The lowest BCUT2D eigenvalue weighted by atomic mass is 9.72. The standard InChI is InChI=1S/C16H26O3/c1-11-7-9-16(10-8-11)12(2)5-6-14(19-16)13(3)15(17)18-4/h7,12-14H,5-6,8-10H2,1-4H3/t12-,13?,14?,16?/m0/s1. The molecular formula is C16H26O3. The van der Waals surface area contributed by atoms with Gasteiger partial charge in [0.05, 0.1) is 24.7 Å². The Morgan fingerprint density at radius 1 is 1.53 bits per heavy atom. The Morgan fingerprint density at radius 3 is 2.84 bits per heavy atom. The number of carbonyl (C=O) groups is 1. The van der Waals surface area contributed by atoms with Crippen molar-refractivity contribution in [1.29, 1.82) is 0 Å². The third-order valence-electron chi connectivity index (χ3n) is 5.04. The van der Waals surface area contributed by atoms with Crippen molar-refractivity contribution in [3.05, 3.63) is 11.6 Å². The van der Waals surface area contributed by atoms with Crippen molar-refractivity contribution in [2.24, 2.45) is 11.8 Å². The van der Waals surface area contributed by atoms with Gasteiger partial charge in [-0.3, -0.25) is 4.79 Å². The summed E-state index contributed by atoms with van der Waals surface area (Å²) in [7, 11) is 1.45. The number of ether oxygens (including phenoxy) is 2. The zero-order valence-corrected chi connectivity index (χ0v) is 12.6. The largest absolute Gasteiger partial charge is 0.469 e. The van der Waals surface area contributed by atoms with Gasteiger partial charge < -0.3 is 9.47 Å². The van der Waals surface area contributed by atoms with Gasteiger partial charge in [-0.15, -0.1) is 0 Å². The summed E-state index contributed by atoms with van der Waals surface area (Å²) in [6.45, 7) is 6.40. The molecule has 1 spiro atoms. The van der Waals surface area contributed by atoms with E-state index in [1.807, 2.05) is 6.92 Å².